The zero-order chi connectivity index (χ0) is 12.4. The third-order valence-electron chi connectivity index (χ3n) is 2.11. The summed E-state index contributed by atoms with van der Waals surface area (Å²) in [5.41, 5.74) is 0.648. The summed E-state index contributed by atoms with van der Waals surface area (Å²) in [5.74, 6) is 0.660. The van der Waals surface area contributed by atoms with Gasteiger partial charge < -0.3 is 5.32 Å². The van der Waals surface area contributed by atoms with Gasteiger partial charge in [0.25, 0.3) is 0 Å². The average molecular weight is 337 g/mol. The van der Waals surface area contributed by atoms with E-state index in [0.29, 0.717) is 28.1 Å². The van der Waals surface area contributed by atoms with Crippen LogP contribution in [0.2, 0.25) is 10.0 Å². The summed E-state index contributed by atoms with van der Waals surface area (Å²) in [6.07, 6.45) is 0. The molecule has 0 saturated heterocycles. The van der Waals surface area contributed by atoms with E-state index in [0.717, 1.165) is 4.47 Å². The molecular formula is C9H8BrCl2N5. The maximum atomic E-state index is 6.16. The number of hydrogen-bond acceptors (Lipinski definition) is 4. The Morgan fingerprint density at radius 3 is 2.82 bits per heavy atom. The van der Waals surface area contributed by atoms with Crippen LogP contribution in [0.3, 0.4) is 0 Å². The van der Waals surface area contributed by atoms with Crippen LogP contribution in [0, 0.1) is 0 Å². The maximum absolute atomic E-state index is 6.16. The molecule has 0 radical (unpaired) electrons. The van der Waals surface area contributed by atoms with Gasteiger partial charge in [0.15, 0.2) is 5.82 Å². The molecule has 0 aliphatic carbocycles. The fraction of sp³-hybridized carbons (Fsp3) is 0.222. The highest BCUT2D eigenvalue weighted by Crippen LogP contribution is 2.34. The van der Waals surface area contributed by atoms with E-state index in [1.807, 2.05) is 7.05 Å². The van der Waals surface area contributed by atoms with E-state index >= 15 is 0 Å². The molecule has 0 aliphatic rings. The molecule has 0 amide bonds. The van der Waals surface area contributed by atoms with Crippen molar-refractivity contribution in [3.63, 3.8) is 0 Å². The Bertz CT molecular complexity index is 542. The van der Waals surface area contributed by atoms with Crippen LogP contribution >= 0.6 is 39.1 Å². The van der Waals surface area contributed by atoms with Crippen LogP contribution in [0.4, 0.5) is 0 Å². The summed E-state index contributed by atoms with van der Waals surface area (Å²) in [4.78, 5) is 0. The van der Waals surface area contributed by atoms with Crippen molar-refractivity contribution >= 4 is 39.1 Å². The number of rotatable bonds is 3. The van der Waals surface area contributed by atoms with Crippen LogP contribution in [-0.2, 0) is 6.54 Å². The van der Waals surface area contributed by atoms with Crippen LogP contribution in [0.5, 0.6) is 0 Å². The number of nitrogens with one attached hydrogen (secondary N) is 1. The Balaban J connectivity index is 2.53. The van der Waals surface area contributed by atoms with Crippen molar-refractivity contribution in [1.82, 2.24) is 25.5 Å². The Hall–Kier alpha value is -0.690. The molecule has 1 heterocycles. The molecule has 0 saturated carbocycles. The normalized spacial score (nSPS) is 10.8. The third kappa shape index (κ3) is 2.44. The second-order valence-corrected chi connectivity index (χ2v) is 4.84. The van der Waals surface area contributed by atoms with E-state index < -0.39 is 0 Å². The second kappa shape index (κ2) is 5.30. The van der Waals surface area contributed by atoms with Crippen molar-refractivity contribution in [2.45, 2.75) is 6.54 Å². The minimum absolute atomic E-state index is 0.408. The number of aromatic nitrogens is 4. The lowest BCUT2D eigenvalue weighted by atomic mass is 10.3. The van der Waals surface area contributed by atoms with Crippen LogP contribution in [-0.4, -0.2) is 27.3 Å². The van der Waals surface area contributed by atoms with E-state index in [-0.39, 0.29) is 0 Å². The fourth-order valence-electron chi connectivity index (χ4n) is 1.34. The van der Waals surface area contributed by atoms with Gasteiger partial charge in [-0.1, -0.05) is 23.2 Å². The predicted molar refractivity (Wildman–Crippen MR) is 69.6 cm³/mol. The van der Waals surface area contributed by atoms with Gasteiger partial charge in [-0.15, -0.1) is 5.10 Å². The molecule has 0 fully saturated rings. The van der Waals surface area contributed by atoms with Gasteiger partial charge in [0.2, 0.25) is 0 Å². The van der Waals surface area contributed by atoms with Crippen molar-refractivity contribution in [2.75, 3.05) is 7.05 Å². The van der Waals surface area contributed by atoms with Crippen molar-refractivity contribution in [1.29, 1.82) is 0 Å². The molecule has 0 atom stereocenters. The predicted octanol–water partition coefficient (Wildman–Crippen LogP) is 2.45. The molecule has 8 heteroatoms. The smallest absolute Gasteiger partial charge is 0.170 e. The number of nitrogens with zero attached hydrogens (tertiary/aromatic N) is 4. The minimum Gasteiger partial charge on any atom is -0.313 e. The Morgan fingerprint density at radius 2 is 2.12 bits per heavy atom. The number of halogens is 3. The molecule has 0 aliphatic heterocycles. The number of tetrazole rings is 1. The molecule has 0 unspecified atom stereocenters. The summed E-state index contributed by atoms with van der Waals surface area (Å²) >= 11 is 15.5. The molecule has 0 spiro atoms. The van der Waals surface area contributed by atoms with Gasteiger partial charge >= 0.3 is 0 Å². The monoisotopic (exact) mass is 335 g/mol. The van der Waals surface area contributed by atoms with Crippen molar-refractivity contribution in [3.8, 4) is 5.69 Å². The Labute approximate surface area is 116 Å². The zero-order valence-corrected chi connectivity index (χ0v) is 11.9. The summed E-state index contributed by atoms with van der Waals surface area (Å²) < 4.78 is 2.29. The van der Waals surface area contributed by atoms with E-state index in [1.54, 1.807) is 16.8 Å². The van der Waals surface area contributed by atoms with E-state index in [9.17, 15) is 0 Å². The Kier molecular flexibility index (Phi) is 3.98. The number of benzene rings is 1. The summed E-state index contributed by atoms with van der Waals surface area (Å²) in [6, 6.07) is 3.60. The molecule has 5 nitrogen and oxygen atoms in total. The van der Waals surface area contributed by atoms with Gasteiger partial charge in [-0.3, -0.25) is 0 Å². The van der Waals surface area contributed by atoms with Crippen LogP contribution in [0.1, 0.15) is 5.82 Å². The lowest BCUT2D eigenvalue weighted by Gasteiger charge is -2.08. The van der Waals surface area contributed by atoms with Gasteiger partial charge in [-0.2, -0.15) is 4.68 Å². The molecule has 17 heavy (non-hydrogen) atoms. The van der Waals surface area contributed by atoms with Gasteiger partial charge in [0.1, 0.15) is 0 Å². The number of hydrogen-bond donors (Lipinski definition) is 1. The molecule has 1 aromatic carbocycles. The molecule has 1 N–H and O–H groups in total. The molecule has 1 aromatic heterocycles. The highest BCUT2D eigenvalue weighted by molar-refractivity contribution is 9.10. The van der Waals surface area contributed by atoms with E-state index in [4.69, 9.17) is 23.2 Å². The second-order valence-electron chi connectivity index (χ2n) is 3.23. The van der Waals surface area contributed by atoms with Gasteiger partial charge in [0, 0.05) is 4.47 Å². The quantitative estimate of drug-likeness (QED) is 0.875. The first-order valence-electron chi connectivity index (χ1n) is 4.71. The topological polar surface area (TPSA) is 55.6 Å². The first kappa shape index (κ1) is 12.8. The van der Waals surface area contributed by atoms with Crippen molar-refractivity contribution in [2.24, 2.45) is 0 Å². The summed E-state index contributed by atoms with van der Waals surface area (Å²) in [6.45, 7) is 0.539. The summed E-state index contributed by atoms with van der Waals surface area (Å²) in [5, 5.41) is 15.2. The first-order chi connectivity index (χ1) is 8.15. The van der Waals surface area contributed by atoms with E-state index in [1.165, 1.54) is 0 Å². The van der Waals surface area contributed by atoms with Crippen LogP contribution < -0.4 is 5.32 Å². The van der Waals surface area contributed by atoms with Gasteiger partial charge in [0.05, 0.1) is 22.3 Å². The van der Waals surface area contributed by atoms with Crippen molar-refractivity contribution in [3.05, 3.63) is 32.5 Å². The zero-order valence-electron chi connectivity index (χ0n) is 8.78. The SMILES string of the molecule is CNCc1nnnn1-c1ccc(Br)c(Cl)c1Cl. The molecular weight excluding hydrogens is 329 g/mol. The highest BCUT2D eigenvalue weighted by atomic mass is 79.9. The van der Waals surface area contributed by atoms with Crippen LogP contribution in [0.15, 0.2) is 16.6 Å². The largest absolute Gasteiger partial charge is 0.313 e. The molecule has 2 aromatic rings. The Morgan fingerprint density at radius 1 is 1.35 bits per heavy atom. The lowest BCUT2D eigenvalue weighted by molar-refractivity contribution is 0.709. The highest BCUT2D eigenvalue weighted by Gasteiger charge is 2.14. The summed E-state index contributed by atoms with van der Waals surface area (Å²) in [7, 11) is 1.81. The van der Waals surface area contributed by atoms with E-state index in [2.05, 4.69) is 36.8 Å². The lowest BCUT2D eigenvalue weighted by Crippen LogP contribution is -2.12. The van der Waals surface area contributed by atoms with Crippen LogP contribution in [0.25, 0.3) is 5.69 Å². The molecule has 0 bridgehead atoms. The fourth-order valence-corrected chi connectivity index (χ4v) is 2.19. The standard InChI is InChI=1S/C9H8BrCl2N5/c1-13-4-7-14-15-16-17(7)6-3-2-5(10)8(11)9(6)12/h2-3,13H,4H2,1H3. The minimum atomic E-state index is 0.408. The molecule has 2 rings (SSSR count). The van der Waals surface area contributed by atoms with Crippen molar-refractivity contribution < 1.29 is 0 Å². The first-order valence-corrected chi connectivity index (χ1v) is 6.25. The van der Waals surface area contributed by atoms with Gasteiger partial charge in [-0.05, 0) is 45.5 Å². The molecule has 90 valence electrons. The average Bonchev–Trinajstić information content (AvgIpc) is 2.75. The van der Waals surface area contributed by atoms with Gasteiger partial charge in [-0.25, -0.2) is 0 Å². The maximum Gasteiger partial charge on any atom is 0.170 e. The third-order valence-corrected chi connectivity index (χ3v) is 3.87.